The van der Waals surface area contributed by atoms with E-state index in [1.807, 2.05) is 42.3 Å². The summed E-state index contributed by atoms with van der Waals surface area (Å²) in [6.45, 7) is 1.62. The van der Waals surface area contributed by atoms with Gasteiger partial charge in [-0.25, -0.2) is 23.2 Å². The van der Waals surface area contributed by atoms with E-state index < -0.39 is 41.8 Å². The maximum absolute atomic E-state index is 14.7. The second-order valence-electron chi connectivity index (χ2n) is 9.82. The van der Waals surface area contributed by atoms with Crippen molar-refractivity contribution in [3.63, 3.8) is 0 Å². The highest BCUT2D eigenvalue weighted by atomic mass is 32.1. The number of carboxylic acids is 1. The maximum Gasteiger partial charge on any atom is 0.415 e. The predicted molar refractivity (Wildman–Crippen MR) is 166 cm³/mol. The van der Waals surface area contributed by atoms with Gasteiger partial charge in [-0.1, -0.05) is 48.5 Å². The number of amides is 3. The Balaban J connectivity index is 1.86. The second-order valence-corrected chi connectivity index (χ2v) is 10.8. The molecule has 0 atom stereocenters. The lowest BCUT2D eigenvalue weighted by Crippen LogP contribution is -2.32. The summed E-state index contributed by atoms with van der Waals surface area (Å²) in [7, 11) is 3.33. The number of carbonyl (C=O) groups excluding carboxylic acids is 2. The van der Waals surface area contributed by atoms with Gasteiger partial charge in [-0.15, -0.1) is 11.3 Å². The Morgan fingerprint density at radius 3 is 2.14 bits per heavy atom. The van der Waals surface area contributed by atoms with Crippen LogP contribution in [0.4, 0.5) is 29.1 Å². The Kier molecular flexibility index (Phi) is 10.6. The van der Waals surface area contributed by atoms with Gasteiger partial charge in [-0.2, -0.15) is 0 Å². The zero-order chi connectivity index (χ0) is 31.8. The summed E-state index contributed by atoms with van der Waals surface area (Å²) in [5.41, 5.74) is 1.97. The number of anilines is 2. The summed E-state index contributed by atoms with van der Waals surface area (Å²) in [4.78, 5) is 41.4. The van der Waals surface area contributed by atoms with Crippen molar-refractivity contribution < 1.29 is 33.0 Å². The molecule has 1 aromatic heterocycles. The van der Waals surface area contributed by atoms with Crippen LogP contribution in [0.25, 0.3) is 10.4 Å². The first-order chi connectivity index (χ1) is 21.1. The number of thiophene rings is 1. The molecule has 0 bridgehead atoms. The van der Waals surface area contributed by atoms with Crippen LogP contribution in [0.5, 0.6) is 0 Å². The number of nitrogens with one attached hydrogen (secondary N) is 2. The van der Waals surface area contributed by atoms with E-state index in [1.54, 1.807) is 31.2 Å². The van der Waals surface area contributed by atoms with E-state index >= 15 is 0 Å². The lowest BCUT2D eigenvalue weighted by Gasteiger charge is -2.22. The minimum Gasteiger partial charge on any atom is -0.478 e. The highest BCUT2D eigenvalue weighted by Gasteiger charge is 2.32. The number of nitrogens with zero attached hydrogens (tertiary/aromatic N) is 2. The molecule has 9 nitrogen and oxygen atoms in total. The van der Waals surface area contributed by atoms with Crippen molar-refractivity contribution in [3.8, 4) is 10.4 Å². The van der Waals surface area contributed by atoms with Gasteiger partial charge < -0.3 is 20.5 Å². The minimum absolute atomic E-state index is 0.0238. The number of hydrogen-bond donors (Lipinski definition) is 3. The molecule has 4 rings (SSSR count). The van der Waals surface area contributed by atoms with Gasteiger partial charge in [-0.3, -0.25) is 9.80 Å². The zero-order valence-corrected chi connectivity index (χ0v) is 25.2. The fraction of sp³-hybridized carbons (Fsp3) is 0.219. The SMILES string of the molecule is CCOC(=O)N(Cc1c(F)cccc1F)c1sc(-c2ccc(NC(=O)NC)cc2)c(CN(C)Cc2ccccc2)c1C(=O)O. The van der Waals surface area contributed by atoms with Gasteiger partial charge in [0.15, 0.2) is 0 Å². The monoisotopic (exact) mass is 622 g/mol. The van der Waals surface area contributed by atoms with Gasteiger partial charge in [0.1, 0.15) is 16.6 Å². The summed E-state index contributed by atoms with van der Waals surface area (Å²) >= 11 is 1.01. The zero-order valence-electron chi connectivity index (χ0n) is 24.4. The van der Waals surface area contributed by atoms with Gasteiger partial charge in [-0.05, 0) is 49.4 Å². The van der Waals surface area contributed by atoms with Crippen LogP contribution in [0.3, 0.4) is 0 Å². The minimum atomic E-state index is -1.31. The first kappa shape index (κ1) is 32.1. The molecule has 3 aromatic carbocycles. The molecule has 4 aromatic rings. The number of rotatable bonds is 11. The number of carbonyl (C=O) groups is 3. The molecule has 12 heteroatoms. The van der Waals surface area contributed by atoms with Gasteiger partial charge in [0, 0.05) is 41.8 Å². The molecular formula is C32H32F2N4O5S. The van der Waals surface area contributed by atoms with E-state index in [1.165, 1.54) is 13.1 Å². The summed E-state index contributed by atoms with van der Waals surface area (Å²) in [6, 6.07) is 19.3. The fourth-order valence-electron chi connectivity index (χ4n) is 4.63. The summed E-state index contributed by atoms with van der Waals surface area (Å²) < 4.78 is 34.7. The van der Waals surface area contributed by atoms with Crippen molar-refractivity contribution in [2.45, 2.75) is 26.6 Å². The third kappa shape index (κ3) is 7.57. The fourth-order valence-corrected chi connectivity index (χ4v) is 5.93. The highest BCUT2D eigenvalue weighted by Crippen LogP contribution is 2.44. The first-order valence-electron chi connectivity index (χ1n) is 13.7. The van der Waals surface area contributed by atoms with Crippen molar-refractivity contribution in [3.05, 3.63) is 107 Å². The first-order valence-corrected chi connectivity index (χ1v) is 14.5. The summed E-state index contributed by atoms with van der Waals surface area (Å²) in [5, 5.41) is 15.6. The van der Waals surface area contributed by atoms with E-state index in [4.69, 9.17) is 4.74 Å². The molecule has 0 aliphatic carbocycles. The Hall–Kier alpha value is -4.81. The topological polar surface area (TPSA) is 111 Å². The molecule has 0 aliphatic heterocycles. The molecule has 0 spiro atoms. The third-order valence-electron chi connectivity index (χ3n) is 6.67. The Labute approximate surface area is 257 Å². The normalized spacial score (nSPS) is 10.9. The largest absolute Gasteiger partial charge is 0.478 e. The van der Waals surface area contributed by atoms with E-state index in [0.29, 0.717) is 28.2 Å². The number of hydrogen-bond acceptors (Lipinski definition) is 6. The van der Waals surface area contributed by atoms with Gasteiger partial charge in [0.25, 0.3) is 0 Å². The van der Waals surface area contributed by atoms with E-state index in [-0.39, 0.29) is 23.7 Å². The number of halogens is 2. The van der Waals surface area contributed by atoms with Gasteiger partial charge in [0.2, 0.25) is 0 Å². The summed E-state index contributed by atoms with van der Waals surface area (Å²) in [6.07, 6.45) is -0.945. The Morgan fingerprint density at radius 2 is 1.55 bits per heavy atom. The van der Waals surface area contributed by atoms with Crippen LogP contribution < -0.4 is 15.5 Å². The molecule has 44 heavy (non-hydrogen) atoms. The van der Waals surface area contributed by atoms with Crippen LogP contribution in [0.2, 0.25) is 0 Å². The van der Waals surface area contributed by atoms with Crippen molar-refractivity contribution in [1.29, 1.82) is 0 Å². The molecule has 230 valence electrons. The lowest BCUT2D eigenvalue weighted by atomic mass is 10.0. The average Bonchev–Trinajstić information content (AvgIpc) is 3.36. The molecular weight excluding hydrogens is 590 g/mol. The number of ether oxygens (including phenoxy) is 1. The molecule has 0 saturated carbocycles. The van der Waals surface area contributed by atoms with Crippen molar-refractivity contribution in [1.82, 2.24) is 10.2 Å². The van der Waals surface area contributed by atoms with Crippen molar-refractivity contribution in [2.24, 2.45) is 0 Å². The molecule has 0 saturated heterocycles. The van der Waals surface area contributed by atoms with E-state index in [9.17, 15) is 28.3 Å². The molecule has 3 N–H and O–H groups in total. The average molecular weight is 623 g/mol. The van der Waals surface area contributed by atoms with Crippen LogP contribution in [0.1, 0.15) is 34.0 Å². The number of carboxylic acid groups (broad SMARTS) is 1. The van der Waals surface area contributed by atoms with Gasteiger partial charge in [0.05, 0.1) is 18.7 Å². The van der Waals surface area contributed by atoms with Crippen LogP contribution in [0, 0.1) is 11.6 Å². The highest BCUT2D eigenvalue weighted by molar-refractivity contribution is 7.20. The van der Waals surface area contributed by atoms with Crippen LogP contribution in [-0.2, 0) is 24.4 Å². The van der Waals surface area contributed by atoms with Crippen molar-refractivity contribution >= 4 is 40.1 Å². The second kappa shape index (κ2) is 14.6. The Bertz CT molecular complexity index is 1610. The molecule has 0 unspecified atom stereocenters. The molecule has 0 radical (unpaired) electrons. The smallest absolute Gasteiger partial charge is 0.415 e. The number of benzene rings is 3. The standard InChI is InChI=1S/C32H32F2N4O5S/c1-4-43-32(42)38(19-23-25(33)11-8-12-26(23)34)29-27(30(39)40)24(18-37(3)17-20-9-6-5-7-10-20)28(44-29)21-13-15-22(16-14-21)36-31(41)35-2/h5-16H,4,17-19H2,1-3H3,(H,39,40)(H2,35,36,41). The van der Waals surface area contributed by atoms with E-state index in [2.05, 4.69) is 10.6 Å². The summed E-state index contributed by atoms with van der Waals surface area (Å²) in [5.74, 6) is -3.07. The van der Waals surface area contributed by atoms with Crippen LogP contribution in [0.15, 0.2) is 72.8 Å². The molecule has 0 fully saturated rings. The number of aromatic carboxylic acids is 1. The quantitative estimate of drug-likeness (QED) is 0.167. The van der Waals surface area contributed by atoms with Crippen molar-refractivity contribution in [2.75, 3.05) is 30.9 Å². The predicted octanol–water partition coefficient (Wildman–Crippen LogP) is 6.94. The Morgan fingerprint density at radius 1 is 0.886 bits per heavy atom. The van der Waals surface area contributed by atoms with Gasteiger partial charge >= 0.3 is 18.1 Å². The molecule has 3 amide bonds. The number of urea groups is 1. The van der Waals surface area contributed by atoms with Crippen LogP contribution in [-0.4, -0.2) is 48.8 Å². The molecule has 1 heterocycles. The maximum atomic E-state index is 14.7. The molecule has 0 aliphatic rings. The van der Waals surface area contributed by atoms with E-state index in [0.717, 1.165) is 33.9 Å². The lowest BCUT2D eigenvalue weighted by molar-refractivity contribution is 0.0696. The third-order valence-corrected chi connectivity index (χ3v) is 7.97. The van der Waals surface area contributed by atoms with Crippen LogP contribution >= 0.6 is 11.3 Å².